The minimum Gasteiger partial charge on any atom is -0.481 e. The van der Waals surface area contributed by atoms with Crippen LogP contribution in [0.2, 0.25) is 0 Å². The second-order valence-corrected chi connectivity index (χ2v) is 4.44. The lowest BCUT2D eigenvalue weighted by molar-refractivity contribution is -0.137. The Kier molecular flexibility index (Phi) is 4.73. The number of aliphatic carboxylic acids is 1. The third-order valence-corrected chi connectivity index (χ3v) is 3.06. The van der Waals surface area contributed by atoms with Crippen LogP contribution in [0.4, 0.5) is 0 Å². The zero-order valence-corrected chi connectivity index (χ0v) is 9.37. The molecule has 0 spiro atoms. The fraction of sp³-hybridized carbons (Fsp3) is 0.818. The second-order valence-electron chi connectivity index (χ2n) is 4.44. The van der Waals surface area contributed by atoms with Crippen LogP contribution in [0.25, 0.3) is 0 Å². The van der Waals surface area contributed by atoms with Gasteiger partial charge in [-0.05, 0) is 19.3 Å². The molecule has 0 aromatic heterocycles. The first kappa shape index (κ1) is 13.0. The Morgan fingerprint density at radius 1 is 1.19 bits per heavy atom. The van der Waals surface area contributed by atoms with E-state index in [9.17, 15) is 14.7 Å². The zero-order valence-electron chi connectivity index (χ0n) is 9.37. The first-order valence-electron chi connectivity index (χ1n) is 5.72. The highest BCUT2D eigenvalue weighted by molar-refractivity contribution is 5.77. The van der Waals surface area contributed by atoms with Gasteiger partial charge < -0.3 is 15.5 Å². The van der Waals surface area contributed by atoms with E-state index in [0.29, 0.717) is 6.42 Å². The molecule has 0 radical (unpaired) electrons. The molecule has 1 amide bonds. The first-order valence-corrected chi connectivity index (χ1v) is 5.72. The van der Waals surface area contributed by atoms with E-state index < -0.39 is 11.5 Å². The molecule has 0 heterocycles. The maximum Gasteiger partial charge on any atom is 0.303 e. The highest BCUT2D eigenvalue weighted by Crippen LogP contribution is 2.29. The average molecular weight is 229 g/mol. The van der Waals surface area contributed by atoms with Gasteiger partial charge in [-0.15, -0.1) is 0 Å². The van der Waals surface area contributed by atoms with Gasteiger partial charge in [-0.1, -0.05) is 12.8 Å². The van der Waals surface area contributed by atoms with E-state index in [-0.39, 0.29) is 25.4 Å². The number of nitrogens with one attached hydrogen (secondary N) is 1. The van der Waals surface area contributed by atoms with Crippen molar-refractivity contribution in [1.29, 1.82) is 0 Å². The Labute approximate surface area is 94.8 Å². The summed E-state index contributed by atoms with van der Waals surface area (Å²) in [7, 11) is 0. The van der Waals surface area contributed by atoms with Gasteiger partial charge >= 0.3 is 5.97 Å². The van der Waals surface area contributed by atoms with Crippen LogP contribution in [0.3, 0.4) is 0 Å². The van der Waals surface area contributed by atoms with E-state index in [1.807, 2.05) is 0 Å². The highest BCUT2D eigenvalue weighted by Gasteiger charge is 2.34. The Morgan fingerprint density at radius 2 is 1.81 bits per heavy atom. The van der Waals surface area contributed by atoms with Crippen molar-refractivity contribution in [3.05, 3.63) is 0 Å². The molecule has 1 fully saturated rings. The van der Waals surface area contributed by atoms with Crippen LogP contribution >= 0.6 is 0 Å². The molecular formula is C11H19NO4. The lowest BCUT2D eigenvalue weighted by Crippen LogP contribution is -2.49. The number of hydrogen-bond acceptors (Lipinski definition) is 3. The number of carbonyl (C=O) groups excluding carboxylic acids is 1. The normalized spacial score (nSPS) is 18.3. The van der Waals surface area contributed by atoms with Gasteiger partial charge in [0, 0.05) is 12.8 Å². The van der Waals surface area contributed by atoms with Crippen molar-refractivity contribution >= 4 is 11.9 Å². The number of aliphatic hydroxyl groups is 1. The maximum atomic E-state index is 11.5. The summed E-state index contributed by atoms with van der Waals surface area (Å²) in [6.07, 6.45) is 4.25. The summed E-state index contributed by atoms with van der Waals surface area (Å²) in [5.41, 5.74) is -0.444. The summed E-state index contributed by atoms with van der Waals surface area (Å²) in [5, 5.41) is 20.5. The molecule has 16 heavy (non-hydrogen) atoms. The summed E-state index contributed by atoms with van der Waals surface area (Å²) < 4.78 is 0. The third kappa shape index (κ3) is 3.81. The Balaban J connectivity index is 2.29. The van der Waals surface area contributed by atoms with E-state index in [0.717, 1.165) is 25.7 Å². The molecule has 0 aromatic carbocycles. The molecule has 92 valence electrons. The van der Waals surface area contributed by atoms with Crippen molar-refractivity contribution in [2.45, 2.75) is 50.5 Å². The topological polar surface area (TPSA) is 86.6 Å². The standard InChI is InChI=1S/C11H19NO4/c13-8-11(6-1-2-7-11)12-9(14)4-3-5-10(15)16/h13H,1-8H2,(H,12,14)(H,15,16). The van der Waals surface area contributed by atoms with Crippen molar-refractivity contribution < 1.29 is 19.8 Å². The third-order valence-electron chi connectivity index (χ3n) is 3.06. The lowest BCUT2D eigenvalue weighted by Gasteiger charge is -2.27. The fourth-order valence-corrected chi connectivity index (χ4v) is 2.13. The number of amides is 1. The second kappa shape index (κ2) is 5.84. The van der Waals surface area contributed by atoms with Crippen molar-refractivity contribution in [1.82, 2.24) is 5.32 Å². The number of aliphatic hydroxyl groups excluding tert-OH is 1. The van der Waals surface area contributed by atoms with Gasteiger partial charge in [-0.2, -0.15) is 0 Å². The molecule has 1 aliphatic rings. The summed E-state index contributed by atoms with van der Waals surface area (Å²) in [4.78, 5) is 21.8. The van der Waals surface area contributed by atoms with Gasteiger partial charge in [0.25, 0.3) is 0 Å². The molecule has 0 bridgehead atoms. The number of carboxylic acids is 1. The molecule has 3 N–H and O–H groups in total. The summed E-state index contributed by atoms with van der Waals surface area (Å²) in [5.74, 6) is -1.04. The Morgan fingerprint density at radius 3 is 2.31 bits per heavy atom. The van der Waals surface area contributed by atoms with Crippen molar-refractivity contribution in [3.8, 4) is 0 Å². The molecule has 1 saturated carbocycles. The largest absolute Gasteiger partial charge is 0.481 e. The Bertz CT molecular complexity index is 259. The molecule has 0 unspecified atom stereocenters. The summed E-state index contributed by atoms with van der Waals surface area (Å²) >= 11 is 0. The molecule has 1 aliphatic carbocycles. The number of rotatable bonds is 6. The molecule has 0 atom stereocenters. The summed E-state index contributed by atoms with van der Waals surface area (Å²) in [6.45, 7) is -0.0301. The molecule has 0 aromatic rings. The molecule has 0 aliphatic heterocycles. The van der Waals surface area contributed by atoms with E-state index in [1.165, 1.54) is 0 Å². The van der Waals surface area contributed by atoms with E-state index in [1.54, 1.807) is 0 Å². The number of carboxylic acid groups (broad SMARTS) is 1. The Hall–Kier alpha value is -1.10. The quantitative estimate of drug-likeness (QED) is 0.624. The lowest BCUT2D eigenvalue weighted by atomic mass is 9.98. The molecule has 5 nitrogen and oxygen atoms in total. The van der Waals surface area contributed by atoms with Crippen LogP contribution in [0, 0.1) is 0 Å². The smallest absolute Gasteiger partial charge is 0.303 e. The zero-order chi connectivity index (χ0) is 12.0. The molecular weight excluding hydrogens is 210 g/mol. The van der Waals surface area contributed by atoms with Gasteiger partial charge in [-0.25, -0.2) is 0 Å². The highest BCUT2D eigenvalue weighted by atomic mass is 16.4. The van der Waals surface area contributed by atoms with Crippen molar-refractivity contribution in [3.63, 3.8) is 0 Å². The van der Waals surface area contributed by atoms with Crippen LogP contribution in [0.15, 0.2) is 0 Å². The van der Waals surface area contributed by atoms with E-state index in [4.69, 9.17) is 5.11 Å². The van der Waals surface area contributed by atoms with Crippen molar-refractivity contribution in [2.24, 2.45) is 0 Å². The minimum absolute atomic E-state index is 0.0134. The maximum absolute atomic E-state index is 11.5. The number of hydrogen-bond donors (Lipinski definition) is 3. The van der Waals surface area contributed by atoms with Gasteiger partial charge in [0.15, 0.2) is 0 Å². The van der Waals surface area contributed by atoms with Gasteiger partial charge in [0.1, 0.15) is 0 Å². The minimum atomic E-state index is -0.884. The average Bonchev–Trinajstić information content (AvgIpc) is 2.66. The van der Waals surface area contributed by atoms with Crippen LogP contribution in [0.1, 0.15) is 44.9 Å². The van der Waals surface area contributed by atoms with Gasteiger partial charge in [0.05, 0.1) is 12.1 Å². The fourth-order valence-electron chi connectivity index (χ4n) is 2.13. The SMILES string of the molecule is O=C(O)CCCC(=O)NC1(CO)CCCC1. The van der Waals surface area contributed by atoms with Gasteiger partial charge in [-0.3, -0.25) is 9.59 Å². The molecule has 1 rings (SSSR count). The van der Waals surface area contributed by atoms with Gasteiger partial charge in [0.2, 0.25) is 5.91 Å². The van der Waals surface area contributed by atoms with E-state index >= 15 is 0 Å². The first-order chi connectivity index (χ1) is 7.58. The predicted molar refractivity (Wildman–Crippen MR) is 57.9 cm³/mol. The van der Waals surface area contributed by atoms with Crippen LogP contribution in [0.5, 0.6) is 0 Å². The van der Waals surface area contributed by atoms with Crippen LogP contribution < -0.4 is 5.32 Å². The van der Waals surface area contributed by atoms with Crippen LogP contribution in [-0.2, 0) is 9.59 Å². The van der Waals surface area contributed by atoms with Crippen molar-refractivity contribution in [2.75, 3.05) is 6.61 Å². The summed E-state index contributed by atoms with van der Waals surface area (Å²) in [6, 6.07) is 0. The van der Waals surface area contributed by atoms with Crippen LogP contribution in [-0.4, -0.2) is 34.2 Å². The number of carbonyl (C=O) groups is 2. The monoisotopic (exact) mass is 229 g/mol. The molecule has 5 heteroatoms. The predicted octanol–water partition coefficient (Wildman–Crippen LogP) is 0.663. The molecule has 0 saturated heterocycles. The van der Waals surface area contributed by atoms with E-state index in [2.05, 4.69) is 5.32 Å².